The number of piperidine rings is 1. The van der Waals surface area contributed by atoms with E-state index in [4.69, 9.17) is 5.73 Å². The fourth-order valence-electron chi connectivity index (χ4n) is 3.25. The predicted octanol–water partition coefficient (Wildman–Crippen LogP) is 3.07. The van der Waals surface area contributed by atoms with Crippen molar-refractivity contribution in [3.63, 3.8) is 0 Å². The van der Waals surface area contributed by atoms with E-state index in [2.05, 4.69) is 52.2 Å². The van der Waals surface area contributed by atoms with E-state index in [9.17, 15) is 0 Å². The van der Waals surface area contributed by atoms with Gasteiger partial charge in [0.1, 0.15) is 0 Å². The molecule has 1 saturated heterocycles. The summed E-state index contributed by atoms with van der Waals surface area (Å²) >= 11 is 0. The molecule has 5 heteroatoms. The van der Waals surface area contributed by atoms with E-state index < -0.39 is 0 Å². The molecule has 1 heterocycles. The first-order valence-corrected chi connectivity index (χ1v) is 8.55. The van der Waals surface area contributed by atoms with Gasteiger partial charge in [-0.2, -0.15) is 0 Å². The summed E-state index contributed by atoms with van der Waals surface area (Å²) in [6, 6.07) is 11.9. The lowest BCUT2D eigenvalue weighted by Gasteiger charge is -2.35. The summed E-state index contributed by atoms with van der Waals surface area (Å²) in [6.45, 7) is 3.03. The number of rotatable bonds is 5. The topological polar surface area (TPSA) is 44.9 Å². The third-order valence-electron chi connectivity index (χ3n) is 4.90. The monoisotopic (exact) mass is 428 g/mol. The van der Waals surface area contributed by atoms with Gasteiger partial charge in [-0.05, 0) is 37.8 Å². The summed E-state index contributed by atoms with van der Waals surface area (Å²) in [5.74, 6) is 0.715. The minimum absolute atomic E-state index is 0. The van der Waals surface area contributed by atoms with Gasteiger partial charge in [-0.25, -0.2) is 0 Å². The van der Waals surface area contributed by atoms with Gasteiger partial charge in [0.25, 0.3) is 0 Å². The molecule has 0 spiro atoms. The molecule has 1 atom stereocenters. The Morgan fingerprint density at radius 1 is 1.22 bits per heavy atom. The Labute approximate surface area is 157 Å². The molecule has 128 valence electrons. The van der Waals surface area contributed by atoms with Crippen molar-refractivity contribution in [2.75, 3.05) is 20.1 Å². The van der Waals surface area contributed by atoms with Gasteiger partial charge in [-0.15, -0.1) is 24.0 Å². The molecule has 0 radical (unpaired) electrons. The van der Waals surface area contributed by atoms with Crippen LogP contribution in [0.15, 0.2) is 35.3 Å². The smallest absolute Gasteiger partial charge is 0.191 e. The van der Waals surface area contributed by atoms with Crippen LogP contribution < -0.4 is 5.73 Å². The second-order valence-electron chi connectivity index (χ2n) is 6.65. The molecule has 1 aliphatic carbocycles. The second-order valence-corrected chi connectivity index (χ2v) is 6.65. The number of benzene rings is 1. The molecule has 23 heavy (non-hydrogen) atoms. The highest BCUT2D eigenvalue weighted by molar-refractivity contribution is 14.0. The summed E-state index contributed by atoms with van der Waals surface area (Å²) in [7, 11) is 2.07. The van der Waals surface area contributed by atoms with Gasteiger partial charge in [0.2, 0.25) is 0 Å². The maximum Gasteiger partial charge on any atom is 0.191 e. The van der Waals surface area contributed by atoms with Crippen LogP contribution in [0.25, 0.3) is 0 Å². The zero-order valence-corrected chi connectivity index (χ0v) is 16.4. The van der Waals surface area contributed by atoms with Crippen molar-refractivity contribution in [2.45, 2.75) is 50.7 Å². The lowest BCUT2D eigenvalue weighted by atomic mass is 10.0. The van der Waals surface area contributed by atoms with Crippen molar-refractivity contribution in [1.82, 2.24) is 9.80 Å². The molecule has 4 nitrogen and oxygen atoms in total. The van der Waals surface area contributed by atoms with Crippen LogP contribution in [-0.2, 0) is 6.54 Å². The lowest BCUT2D eigenvalue weighted by molar-refractivity contribution is 0.145. The average molecular weight is 428 g/mol. The number of guanidine groups is 1. The highest BCUT2D eigenvalue weighted by Gasteiger charge is 2.28. The van der Waals surface area contributed by atoms with Crippen LogP contribution in [0.1, 0.15) is 37.7 Å². The third kappa shape index (κ3) is 5.35. The fourth-order valence-corrected chi connectivity index (χ4v) is 3.25. The Balaban J connectivity index is 0.00000192. The number of halogens is 1. The van der Waals surface area contributed by atoms with Crippen LogP contribution in [0.5, 0.6) is 0 Å². The van der Waals surface area contributed by atoms with Crippen LogP contribution in [-0.4, -0.2) is 48.0 Å². The first kappa shape index (κ1) is 18.5. The number of hydrogen-bond acceptors (Lipinski definition) is 2. The fraction of sp³-hybridized carbons (Fsp3) is 0.611. The van der Waals surface area contributed by atoms with Gasteiger partial charge < -0.3 is 10.6 Å². The van der Waals surface area contributed by atoms with Gasteiger partial charge in [0.15, 0.2) is 5.96 Å². The van der Waals surface area contributed by atoms with Gasteiger partial charge in [-0.3, -0.25) is 9.89 Å². The molecular formula is C18H29IN4. The van der Waals surface area contributed by atoms with Crippen LogP contribution in [0.3, 0.4) is 0 Å². The summed E-state index contributed by atoms with van der Waals surface area (Å²) in [5.41, 5.74) is 7.52. The number of aliphatic imine (C=N–C) groups is 1. The molecule has 1 aliphatic heterocycles. The van der Waals surface area contributed by atoms with Gasteiger partial charge in [-0.1, -0.05) is 36.8 Å². The van der Waals surface area contributed by atoms with Crippen molar-refractivity contribution in [2.24, 2.45) is 10.7 Å². The normalized spacial score (nSPS) is 22.5. The number of nitrogens with two attached hydrogens (primary N) is 1. The quantitative estimate of drug-likeness (QED) is 0.446. The molecule has 2 N–H and O–H groups in total. The first-order chi connectivity index (χ1) is 10.7. The molecule has 1 unspecified atom stereocenters. The maximum atomic E-state index is 6.13. The first-order valence-electron chi connectivity index (χ1n) is 8.55. The Bertz CT molecular complexity index is 501. The molecular weight excluding hydrogens is 399 g/mol. The van der Waals surface area contributed by atoms with Gasteiger partial charge in [0, 0.05) is 25.7 Å². The molecule has 1 saturated carbocycles. The van der Waals surface area contributed by atoms with E-state index in [1.165, 1.54) is 44.2 Å². The Kier molecular flexibility index (Phi) is 7.14. The van der Waals surface area contributed by atoms with E-state index in [1.807, 2.05) is 0 Å². The molecule has 2 fully saturated rings. The molecule has 0 aromatic heterocycles. The van der Waals surface area contributed by atoms with Crippen molar-refractivity contribution in [1.29, 1.82) is 0 Å². The summed E-state index contributed by atoms with van der Waals surface area (Å²) in [6.07, 6.45) is 6.36. The molecule has 0 bridgehead atoms. The van der Waals surface area contributed by atoms with Crippen molar-refractivity contribution < 1.29 is 0 Å². The molecule has 3 rings (SSSR count). The SMILES string of the molecule is CN(C(N)=NCC1CCCCN1Cc1ccccc1)C1CC1.I. The van der Waals surface area contributed by atoms with E-state index in [0.717, 1.165) is 13.1 Å². The Morgan fingerprint density at radius 3 is 2.65 bits per heavy atom. The van der Waals surface area contributed by atoms with Crippen LogP contribution in [0.4, 0.5) is 0 Å². The average Bonchev–Trinajstić information content (AvgIpc) is 3.39. The van der Waals surface area contributed by atoms with Gasteiger partial charge in [0.05, 0.1) is 6.54 Å². The van der Waals surface area contributed by atoms with Crippen molar-refractivity contribution >= 4 is 29.9 Å². The highest BCUT2D eigenvalue weighted by atomic mass is 127. The number of likely N-dealkylation sites (tertiary alicyclic amines) is 1. The van der Waals surface area contributed by atoms with E-state index in [1.54, 1.807) is 0 Å². The van der Waals surface area contributed by atoms with Crippen LogP contribution in [0, 0.1) is 0 Å². The molecule has 2 aliphatic rings. The van der Waals surface area contributed by atoms with Crippen molar-refractivity contribution in [3.8, 4) is 0 Å². The minimum Gasteiger partial charge on any atom is -0.370 e. The highest BCUT2D eigenvalue weighted by Crippen LogP contribution is 2.25. The Hall–Kier alpha value is -0.820. The second kappa shape index (κ2) is 8.87. The van der Waals surface area contributed by atoms with Crippen LogP contribution >= 0.6 is 24.0 Å². The van der Waals surface area contributed by atoms with E-state index in [0.29, 0.717) is 18.0 Å². The molecule has 0 amide bonds. The standard InChI is InChI=1S/C18H28N4.HI/c1-21(16-10-11-16)18(19)20-13-17-9-5-6-12-22(17)14-15-7-3-2-4-8-15;/h2-4,7-8,16-17H,5-6,9-14H2,1H3,(H2,19,20);1H. The largest absolute Gasteiger partial charge is 0.370 e. The maximum absolute atomic E-state index is 6.13. The molecule has 1 aromatic carbocycles. The predicted molar refractivity (Wildman–Crippen MR) is 107 cm³/mol. The van der Waals surface area contributed by atoms with Gasteiger partial charge >= 0.3 is 0 Å². The molecule has 1 aromatic rings. The zero-order valence-electron chi connectivity index (χ0n) is 14.0. The Morgan fingerprint density at radius 2 is 1.96 bits per heavy atom. The zero-order chi connectivity index (χ0) is 15.4. The summed E-state index contributed by atoms with van der Waals surface area (Å²) < 4.78 is 0. The van der Waals surface area contributed by atoms with E-state index >= 15 is 0 Å². The van der Waals surface area contributed by atoms with E-state index in [-0.39, 0.29) is 24.0 Å². The summed E-state index contributed by atoms with van der Waals surface area (Å²) in [4.78, 5) is 9.40. The van der Waals surface area contributed by atoms with Crippen LogP contribution in [0.2, 0.25) is 0 Å². The summed E-state index contributed by atoms with van der Waals surface area (Å²) in [5, 5.41) is 0. The third-order valence-corrected chi connectivity index (χ3v) is 4.90. The number of hydrogen-bond donors (Lipinski definition) is 1. The number of nitrogens with zero attached hydrogens (tertiary/aromatic N) is 3. The lowest BCUT2D eigenvalue weighted by Crippen LogP contribution is -2.42. The minimum atomic E-state index is 0. The van der Waals surface area contributed by atoms with Crippen molar-refractivity contribution in [3.05, 3.63) is 35.9 Å².